The van der Waals surface area contributed by atoms with Gasteiger partial charge in [0, 0.05) is 5.92 Å². The van der Waals surface area contributed by atoms with Crippen molar-refractivity contribution in [3.05, 3.63) is 16.0 Å². The van der Waals surface area contributed by atoms with Crippen LogP contribution in [-0.2, 0) is 14.3 Å². The minimum absolute atomic E-state index is 0.126. The number of methoxy groups -OCH3 is 2. The summed E-state index contributed by atoms with van der Waals surface area (Å²) in [6.45, 7) is 5.67. The second-order valence-electron chi connectivity index (χ2n) is 5.48. The van der Waals surface area contributed by atoms with Gasteiger partial charge in [-0.1, -0.05) is 26.7 Å². The van der Waals surface area contributed by atoms with Crippen molar-refractivity contribution in [2.45, 2.75) is 46.5 Å². The molecule has 0 saturated heterocycles. The highest BCUT2D eigenvalue weighted by atomic mass is 32.1. The van der Waals surface area contributed by atoms with Crippen LogP contribution in [0, 0.1) is 12.8 Å². The number of rotatable bonds is 8. The summed E-state index contributed by atoms with van der Waals surface area (Å²) in [4.78, 5) is 36.7. The summed E-state index contributed by atoms with van der Waals surface area (Å²) in [6.07, 6.45) is 3.49. The van der Waals surface area contributed by atoms with Crippen molar-refractivity contribution in [1.82, 2.24) is 0 Å². The lowest BCUT2D eigenvalue weighted by Crippen LogP contribution is -2.23. The molecule has 1 aromatic rings. The third kappa shape index (κ3) is 4.56. The molecule has 0 aliphatic carbocycles. The summed E-state index contributed by atoms with van der Waals surface area (Å²) in [7, 11) is 2.54. The molecule has 1 N–H and O–H groups in total. The van der Waals surface area contributed by atoms with Gasteiger partial charge in [0.15, 0.2) is 0 Å². The van der Waals surface area contributed by atoms with E-state index in [1.54, 1.807) is 6.92 Å². The first-order valence-electron chi connectivity index (χ1n) is 8.01. The molecule has 0 aliphatic rings. The van der Waals surface area contributed by atoms with Gasteiger partial charge in [0.1, 0.15) is 9.88 Å². The van der Waals surface area contributed by atoms with Crippen LogP contribution in [0.15, 0.2) is 0 Å². The summed E-state index contributed by atoms with van der Waals surface area (Å²) in [5.41, 5.74) is 0.664. The fourth-order valence-electron chi connectivity index (χ4n) is 2.42. The lowest BCUT2D eigenvalue weighted by molar-refractivity contribution is -0.120. The molecule has 0 saturated carbocycles. The highest BCUT2D eigenvalue weighted by Gasteiger charge is 2.28. The number of hydrogen-bond acceptors (Lipinski definition) is 6. The van der Waals surface area contributed by atoms with E-state index in [-0.39, 0.29) is 22.3 Å². The Bertz CT molecular complexity index is 608. The van der Waals surface area contributed by atoms with Gasteiger partial charge in [0.2, 0.25) is 5.91 Å². The molecular formula is C17H25NO5S. The molecule has 0 fully saturated rings. The number of hydrogen-bond donors (Lipinski definition) is 1. The number of carbonyl (C=O) groups is 3. The van der Waals surface area contributed by atoms with Crippen molar-refractivity contribution in [2.24, 2.45) is 5.92 Å². The van der Waals surface area contributed by atoms with Gasteiger partial charge in [0.05, 0.1) is 19.8 Å². The fourth-order valence-corrected chi connectivity index (χ4v) is 3.54. The van der Waals surface area contributed by atoms with Crippen LogP contribution in [0.2, 0.25) is 0 Å². The van der Waals surface area contributed by atoms with E-state index in [9.17, 15) is 14.4 Å². The van der Waals surface area contributed by atoms with E-state index in [0.29, 0.717) is 17.0 Å². The SMILES string of the molecule is CCCC[C@@H](CC)C(=O)Nc1sc(C(=O)OC)c(C)c1C(=O)OC. The van der Waals surface area contributed by atoms with Crippen molar-refractivity contribution in [1.29, 1.82) is 0 Å². The predicted octanol–water partition coefficient (Wildman–Crippen LogP) is 3.78. The number of nitrogens with one attached hydrogen (secondary N) is 1. The lowest BCUT2D eigenvalue weighted by atomic mass is 9.98. The maximum Gasteiger partial charge on any atom is 0.348 e. The molecule has 1 heterocycles. The first-order valence-corrected chi connectivity index (χ1v) is 8.83. The standard InChI is InChI=1S/C17H25NO5S/c1-6-8-9-11(7-2)14(19)18-15-12(16(20)22-4)10(3)13(24-15)17(21)23-5/h11H,6-9H2,1-5H3,(H,18,19)/t11-/m1/s1. The Kier molecular flexibility index (Phi) is 7.91. The van der Waals surface area contributed by atoms with Gasteiger partial charge in [-0.15, -0.1) is 11.3 Å². The van der Waals surface area contributed by atoms with E-state index in [0.717, 1.165) is 30.6 Å². The van der Waals surface area contributed by atoms with E-state index in [4.69, 9.17) is 9.47 Å². The van der Waals surface area contributed by atoms with Gasteiger partial charge >= 0.3 is 11.9 Å². The van der Waals surface area contributed by atoms with E-state index in [2.05, 4.69) is 12.2 Å². The van der Waals surface area contributed by atoms with Gasteiger partial charge in [-0.05, 0) is 25.3 Å². The third-order valence-electron chi connectivity index (χ3n) is 3.91. The molecule has 7 heteroatoms. The van der Waals surface area contributed by atoms with E-state index in [1.807, 2.05) is 6.92 Å². The van der Waals surface area contributed by atoms with Crippen LogP contribution in [-0.4, -0.2) is 32.1 Å². The van der Waals surface area contributed by atoms with Crippen molar-refractivity contribution in [3.8, 4) is 0 Å². The second kappa shape index (κ2) is 9.42. The molecule has 0 aromatic carbocycles. The molecule has 1 aromatic heterocycles. The van der Waals surface area contributed by atoms with E-state index in [1.165, 1.54) is 14.2 Å². The summed E-state index contributed by atoms with van der Waals surface area (Å²) in [5.74, 6) is -1.40. The highest BCUT2D eigenvalue weighted by Crippen LogP contribution is 2.34. The minimum atomic E-state index is -0.587. The first kappa shape index (κ1) is 20.2. The van der Waals surface area contributed by atoms with Gasteiger partial charge in [-0.25, -0.2) is 9.59 Å². The van der Waals surface area contributed by atoms with Crippen molar-refractivity contribution < 1.29 is 23.9 Å². The normalized spacial score (nSPS) is 11.7. The zero-order chi connectivity index (χ0) is 18.3. The molecule has 24 heavy (non-hydrogen) atoms. The summed E-state index contributed by atoms with van der Waals surface area (Å²) < 4.78 is 9.51. The quantitative estimate of drug-likeness (QED) is 0.718. The summed E-state index contributed by atoms with van der Waals surface area (Å²) >= 11 is 1.04. The largest absolute Gasteiger partial charge is 0.465 e. The maximum atomic E-state index is 12.5. The third-order valence-corrected chi connectivity index (χ3v) is 5.10. The Labute approximate surface area is 146 Å². The van der Waals surface area contributed by atoms with E-state index < -0.39 is 11.9 Å². The van der Waals surface area contributed by atoms with Crippen LogP contribution in [0.5, 0.6) is 0 Å². The minimum Gasteiger partial charge on any atom is -0.465 e. The number of unbranched alkanes of at least 4 members (excludes halogenated alkanes) is 1. The Morgan fingerprint density at radius 2 is 1.75 bits per heavy atom. The second-order valence-corrected chi connectivity index (χ2v) is 6.50. The first-order chi connectivity index (χ1) is 11.4. The van der Waals surface area contributed by atoms with Crippen LogP contribution in [0.3, 0.4) is 0 Å². The van der Waals surface area contributed by atoms with Gasteiger partial charge < -0.3 is 14.8 Å². The zero-order valence-corrected chi connectivity index (χ0v) is 15.7. The van der Waals surface area contributed by atoms with Crippen molar-refractivity contribution in [2.75, 3.05) is 19.5 Å². The molecule has 0 aliphatic heterocycles. The van der Waals surface area contributed by atoms with Crippen LogP contribution in [0.1, 0.15) is 65.1 Å². The highest BCUT2D eigenvalue weighted by molar-refractivity contribution is 7.18. The van der Waals surface area contributed by atoms with Crippen LogP contribution in [0.4, 0.5) is 5.00 Å². The average molecular weight is 355 g/mol. The predicted molar refractivity (Wildman–Crippen MR) is 93.7 cm³/mol. The lowest BCUT2D eigenvalue weighted by Gasteiger charge is -2.14. The molecule has 6 nitrogen and oxygen atoms in total. The zero-order valence-electron chi connectivity index (χ0n) is 14.9. The van der Waals surface area contributed by atoms with Gasteiger partial charge in [-0.2, -0.15) is 0 Å². The van der Waals surface area contributed by atoms with Crippen LogP contribution >= 0.6 is 11.3 Å². The molecular weight excluding hydrogens is 330 g/mol. The molecule has 134 valence electrons. The smallest absolute Gasteiger partial charge is 0.348 e. The number of esters is 2. The molecule has 0 bridgehead atoms. The summed E-state index contributed by atoms with van der Waals surface area (Å²) in [6, 6.07) is 0. The number of anilines is 1. The number of carbonyl (C=O) groups excluding carboxylic acids is 3. The van der Waals surface area contributed by atoms with Crippen LogP contribution < -0.4 is 5.32 Å². The Hall–Kier alpha value is -1.89. The molecule has 1 atom stereocenters. The Morgan fingerprint density at radius 3 is 2.25 bits per heavy atom. The number of thiophene rings is 1. The molecule has 0 spiro atoms. The number of ether oxygens (including phenoxy) is 2. The Morgan fingerprint density at radius 1 is 1.12 bits per heavy atom. The molecule has 0 radical (unpaired) electrons. The average Bonchev–Trinajstić information content (AvgIpc) is 2.90. The summed E-state index contributed by atoms with van der Waals surface area (Å²) in [5, 5.41) is 3.13. The molecule has 1 rings (SSSR count). The van der Waals surface area contributed by atoms with Crippen molar-refractivity contribution in [3.63, 3.8) is 0 Å². The molecule has 0 unspecified atom stereocenters. The monoisotopic (exact) mass is 355 g/mol. The van der Waals surface area contributed by atoms with Gasteiger partial charge in [0.25, 0.3) is 0 Å². The Balaban J connectivity index is 3.15. The molecule has 1 amide bonds. The topological polar surface area (TPSA) is 81.7 Å². The van der Waals surface area contributed by atoms with Crippen molar-refractivity contribution >= 4 is 34.2 Å². The number of amides is 1. The van der Waals surface area contributed by atoms with E-state index >= 15 is 0 Å². The fraction of sp³-hybridized carbons (Fsp3) is 0.588. The van der Waals surface area contributed by atoms with Crippen LogP contribution in [0.25, 0.3) is 0 Å². The van der Waals surface area contributed by atoms with Gasteiger partial charge in [-0.3, -0.25) is 4.79 Å². The maximum absolute atomic E-state index is 12.5.